The summed E-state index contributed by atoms with van der Waals surface area (Å²) in [7, 11) is -2.76. The van der Waals surface area contributed by atoms with Crippen LogP contribution in [0.2, 0.25) is 0 Å². The highest BCUT2D eigenvalue weighted by Gasteiger charge is 2.44. The molecule has 3 heteroatoms. The molecule has 2 aliphatic heterocycles. The highest BCUT2D eigenvalue weighted by atomic mass is 32.2. The van der Waals surface area contributed by atoms with Crippen LogP contribution in [0.1, 0.15) is 25.7 Å². The van der Waals surface area contributed by atoms with Gasteiger partial charge in [-0.05, 0) is 25.7 Å². The van der Waals surface area contributed by atoms with Crippen molar-refractivity contribution in [3.8, 4) is 0 Å². The highest BCUT2D eigenvalue weighted by Crippen LogP contribution is 2.40. The van der Waals surface area contributed by atoms with Gasteiger partial charge < -0.3 is 0 Å². The molecule has 2 unspecified atom stereocenters. The molecule has 0 aliphatic carbocycles. The quantitative estimate of drug-likeness (QED) is 0.644. The van der Waals surface area contributed by atoms with Gasteiger partial charge in [0.15, 0.2) is 9.84 Å². The van der Waals surface area contributed by atoms with E-state index in [0.717, 1.165) is 25.7 Å². The molecule has 0 saturated carbocycles. The average molecular weight is 198 g/mol. The van der Waals surface area contributed by atoms with Crippen molar-refractivity contribution in [1.82, 2.24) is 0 Å². The first kappa shape index (κ1) is 9.00. The zero-order valence-electron chi connectivity index (χ0n) is 7.57. The second-order valence-electron chi connectivity index (χ2n) is 3.88. The molecule has 2 atom stereocenters. The number of allylic oxidation sites excluding steroid dienone is 3. The van der Waals surface area contributed by atoms with Crippen molar-refractivity contribution in [2.75, 3.05) is 0 Å². The molecule has 0 N–H and O–H groups in total. The first-order chi connectivity index (χ1) is 6.14. The normalized spacial score (nSPS) is 35.8. The molecule has 2 saturated heterocycles. The maximum Gasteiger partial charge on any atom is 0.156 e. The van der Waals surface area contributed by atoms with E-state index in [2.05, 4.69) is 6.58 Å². The molecule has 13 heavy (non-hydrogen) atoms. The van der Waals surface area contributed by atoms with Crippen molar-refractivity contribution in [3.05, 3.63) is 24.3 Å². The van der Waals surface area contributed by atoms with E-state index in [4.69, 9.17) is 0 Å². The van der Waals surface area contributed by atoms with Gasteiger partial charge in [0, 0.05) is 0 Å². The summed E-state index contributed by atoms with van der Waals surface area (Å²) in [5, 5.41) is -0.171. The van der Waals surface area contributed by atoms with Gasteiger partial charge in [-0.3, -0.25) is 0 Å². The third-order valence-electron chi connectivity index (χ3n) is 3.07. The summed E-state index contributed by atoms with van der Waals surface area (Å²) in [6.07, 6.45) is 6.94. The maximum atomic E-state index is 11.7. The summed E-state index contributed by atoms with van der Waals surface area (Å²) >= 11 is 0. The van der Waals surface area contributed by atoms with Gasteiger partial charge in [-0.15, -0.1) is 0 Å². The third kappa shape index (κ3) is 1.35. The van der Waals surface area contributed by atoms with Gasteiger partial charge in [0.2, 0.25) is 0 Å². The van der Waals surface area contributed by atoms with E-state index < -0.39 is 9.84 Å². The smallest absolute Gasteiger partial charge is 0.156 e. The van der Waals surface area contributed by atoms with Crippen LogP contribution >= 0.6 is 0 Å². The van der Waals surface area contributed by atoms with E-state index >= 15 is 0 Å². The van der Waals surface area contributed by atoms with Gasteiger partial charge in [-0.2, -0.15) is 0 Å². The van der Waals surface area contributed by atoms with Crippen LogP contribution in [0.15, 0.2) is 24.3 Å². The minimum atomic E-state index is -2.76. The lowest BCUT2D eigenvalue weighted by Gasteiger charge is -2.21. The summed E-state index contributed by atoms with van der Waals surface area (Å²) in [5.74, 6) is 0. The van der Waals surface area contributed by atoms with Crippen molar-refractivity contribution < 1.29 is 8.42 Å². The summed E-state index contributed by atoms with van der Waals surface area (Å²) in [6.45, 7) is 3.64. The molecule has 2 aliphatic rings. The monoisotopic (exact) mass is 198 g/mol. The van der Waals surface area contributed by atoms with Gasteiger partial charge in [0.1, 0.15) is 0 Å². The lowest BCUT2D eigenvalue weighted by molar-refractivity contribution is 0.569. The van der Waals surface area contributed by atoms with Crippen molar-refractivity contribution in [1.29, 1.82) is 0 Å². The van der Waals surface area contributed by atoms with Crippen LogP contribution in [0.5, 0.6) is 0 Å². The Morgan fingerprint density at radius 3 is 2.23 bits per heavy atom. The molecule has 72 valence electrons. The Hall–Kier alpha value is -0.570. The van der Waals surface area contributed by atoms with E-state index in [1.54, 1.807) is 6.08 Å². The zero-order chi connectivity index (χ0) is 9.47. The van der Waals surface area contributed by atoms with Crippen LogP contribution in [0.4, 0.5) is 0 Å². The van der Waals surface area contributed by atoms with E-state index in [9.17, 15) is 8.42 Å². The van der Waals surface area contributed by atoms with Crippen molar-refractivity contribution in [2.45, 2.75) is 36.2 Å². The Kier molecular flexibility index (Phi) is 2.06. The number of fused-ring (bicyclic) bond motifs is 2. The zero-order valence-corrected chi connectivity index (χ0v) is 8.39. The van der Waals surface area contributed by atoms with E-state index in [1.807, 2.05) is 6.08 Å². The summed E-state index contributed by atoms with van der Waals surface area (Å²) in [6, 6.07) is 0. The minimum absolute atomic E-state index is 0.0857. The second-order valence-corrected chi connectivity index (χ2v) is 6.39. The first-order valence-electron chi connectivity index (χ1n) is 4.68. The average Bonchev–Trinajstić information content (AvgIpc) is 2.29. The molecule has 0 radical (unpaired) electrons. The SMILES string of the molecule is C=CC=C1CC2CCC(C1)S2(=O)=O. The first-order valence-corrected chi connectivity index (χ1v) is 6.28. The van der Waals surface area contributed by atoms with E-state index in [1.165, 1.54) is 5.57 Å². The predicted octanol–water partition coefficient (Wildman–Crippen LogP) is 1.84. The summed E-state index contributed by atoms with van der Waals surface area (Å²) in [5.41, 5.74) is 1.26. The van der Waals surface area contributed by atoms with Gasteiger partial charge in [-0.1, -0.05) is 24.3 Å². The molecule has 2 nitrogen and oxygen atoms in total. The van der Waals surface area contributed by atoms with Gasteiger partial charge in [0.25, 0.3) is 0 Å². The molecule has 2 rings (SSSR count). The molecule has 2 heterocycles. The third-order valence-corrected chi connectivity index (χ3v) is 5.74. The molecular formula is C10H14O2S. The Labute approximate surface area is 79.3 Å². The Morgan fingerprint density at radius 2 is 1.77 bits per heavy atom. The second kappa shape index (κ2) is 2.98. The van der Waals surface area contributed by atoms with Crippen LogP contribution in [0.25, 0.3) is 0 Å². The number of hydrogen-bond acceptors (Lipinski definition) is 2. The van der Waals surface area contributed by atoms with Crippen LogP contribution in [0.3, 0.4) is 0 Å². The van der Waals surface area contributed by atoms with Gasteiger partial charge >= 0.3 is 0 Å². The summed E-state index contributed by atoms with van der Waals surface area (Å²) < 4.78 is 23.3. The highest BCUT2D eigenvalue weighted by molar-refractivity contribution is 7.93. The van der Waals surface area contributed by atoms with Gasteiger partial charge in [0.05, 0.1) is 10.5 Å². The van der Waals surface area contributed by atoms with E-state index in [0.29, 0.717) is 0 Å². The molecule has 0 aromatic carbocycles. The predicted molar refractivity (Wildman–Crippen MR) is 53.2 cm³/mol. The van der Waals surface area contributed by atoms with Gasteiger partial charge in [-0.25, -0.2) is 8.42 Å². The minimum Gasteiger partial charge on any atom is -0.228 e. The largest absolute Gasteiger partial charge is 0.228 e. The molecule has 2 bridgehead atoms. The molecule has 2 fully saturated rings. The number of hydrogen-bond donors (Lipinski definition) is 0. The molecule has 0 aromatic rings. The van der Waals surface area contributed by atoms with E-state index in [-0.39, 0.29) is 10.5 Å². The Bertz CT molecular complexity index is 329. The van der Waals surface area contributed by atoms with Crippen molar-refractivity contribution >= 4 is 9.84 Å². The molecule has 0 amide bonds. The number of sulfone groups is 1. The molecular weight excluding hydrogens is 184 g/mol. The van der Waals surface area contributed by atoms with Crippen LogP contribution in [0, 0.1) is 0 Å². The Balaban J connectivity index is 2.30. The summed E-state index contributed by atoms with van der Waals surface area (Å²) in [4.78, 5) is 0. The Morgan fingerprint density at radius 1 is 1.23 bits per heavy atom. The lowest BCUT2D eigenvalue weighted by atomic mass is 10.1. The fourth-order valence-corrected chi connectivity index (χ4v) is 4.75. The maximum absolute atomic E-state index is 11.7. The topological polar surface area (TPSA) is 34.1 Å². The number of rotatable bonds is 1. The fraction of sp³-hybridized carbons (Fsp3) is 0.600. The van der Waals surface area contributed by atoms with Crippen molar-refractivity contribution in [2.24, 2.45) is 0 Å². The van der Waals surface area contributed by atoms with Crippen LogP contribution in [-0.4, -0.2) is 18.9 Å². The standard InChI is InChI=1S/C10H14O2S/c1-2-3-8-6-9-4-5-10(7-8)13(9,11)12/h2-3,9-10H,1,4-7H2. The molecule has 0 spiro atoms. The van der Waals surface area contributed by atoms with Crippen LogP contribution in [-0.2, 0) is 9.84 Å². The van der Waals surface area contributed by atoms with Crippen molar-refractivity contribution in [3.63, 3.8) is 0 Å². The molecule has 0 aromatic heterocycles. The fourth-order valence-electron chi connectivity index (χ4n) is 2.38. The lowest BCUT2D eigenvalue weighted by Crippen LogP contribution is -2.28. The van der Waals surface area contributed by atoms with Crippen LogP contribution < -0.4 is 0 Å².